The van der Waals surface area contributed by atoms with E-state index in [0.717, 1.165) is 11.3 Å². The molecule has 110 valence electrons. The predicted octanol–water partition coefficient (Wildman–Crippen LogP) is 1.26. The molecule has 5 nitrogen and oxygen atoms in total. The van der Waals surface area contributed by atoms with Crippen molar-refractivity contribution < 1.29 is 14.6 Å². The molecule has 0 aliphatic carbocycles. The summed E-state index contributed by atoms with van der Waals surface area (Å²) in [7, 11) is 1.81. The smallest absolute Gasteiger partial charge is 0.256 e. The molecule has 2 N–H and O–H groups in total. The van der Waals surface area contributed by atoms with Gasteiger partial charge in [0.15, 0.2) is 0 Å². The number of rotatable bonds is 3. The van der Waals surface area contributed by atoms with E-state index in [1.807, 2.05) is 39.1 Å². The summed E-state index contributed by atoms with van der Waals surface area (Å²) in [5.74, 6) is -0.0244. The van der Waals surface area contributed by atoms with E-state index in [4.69, 9.17) is 4.74 Å². The summed E-state index contributed by atoms with van der Waals surface area (Å²) in [5, 5.41) is 12.3. The van der Waals surface area contributed by atoms with E-state index in [2.05, 4.69) is 5.32 Å². The molecule has 0 radical (unpaired) electrons. The second-order valence-corrected chi connectivity index (χ2v) is 5.24. The fraction of sp³-hybridized carbons (Fsp3) is 0.533. The molecule has 1 aliphatic rings. The number of nitrogens with zero attached hydrogens (tertiary/aromatic N) is 1. The van der Waals surface area contributed by atoms with Gasteiger partial charge >= 0.3 is 0 Å². The molecule has 0 saturated carbocycles. The van der Waals surface area contributed by atoms with Crippen molar-refractivity contribution in [1.29, 1.82) is 0 Å². The third-order valence-electron chi connectivity index (χ3n) is 3.64. The fourth-order valence-corrected chi connectivity index (χ4v) is 2.42. The number of benzene rings is 1. The van der Waals surface area contributed by atoms with Gasteiger partial charge < -0.3 is 20.1 Å². The lowest BCUT2D eigenvalue weighted by molar-refractivity contribution is -0.0667. The second kappa shape index (κ2) is 6.24. The number of carbonyl (C=O) groups excluding carboxylic acids is 1. The number of aryl methyl sites for hydroxylation is 1. The lowest BCUT2D eigenvalue weighted by Crippen LogP contribution is -2.52. The van der Waals surface area contributed by atoms with Gasteiger partial charge in [-0.05, 0) is 31.5 Å². The maximum Gasteiger partial charge on any atom is 0.256 e. The van der Waals surface area contributed by atoms with Crippen molar-refractivity contribution in [2.24, 2.45) is 0 Å². The first kappa shape index (κ1) is 14.8. The lowest BCUT2D eigenvalue weighted by Gasteiger charge is -2.37. The first-order valence-electron chi connectivity index (χ1n) is 6.88. The molecule has 2 atom stereocenters. The van der Waals surface area contributed by atoms with E-state index in [1.54, 1.807) is 4.90 Å². The Morgan fingerprint density at radius 2 is 2.30 bits per heavy atom. The van der Waals surface area contributed by atoms with Crippen LogP contribution in [0.3, 0.4) is 0 Å². The van der Waals surface area contributed by atoms with Crippen molar-refractivity contribution in [3.63, 3.8) is 0 Å². The van der Waals surface area contributed by atoms with Crippen molar-refractivity contribution in [3.8, 4) is 0 Å². The van der Waals surface area contributed by atoms with Gasteiger partial charge in [0.1, 0.15) is 0 Å². The number of amides is 1. The molecule has 1 saturated heterocycles. The highest BCUT2D eigenvalue weighted by Gasteiger charge is 2.30. The van der Waals surface area contributed by atoms with Gasteiger partial charge in [0.25, 0.3) is 5.91 Å². The Balaban J connectivity index is 2.25. The van der Waals surface area contributed by atoms with Crippen molar-refractivity contribution in [2.75, 3.05) is 32.1 Å². The maximum absolute atomic E-state index is 12.7. The molecule has 5 heteroatoms. The average molecular weight is 278 g/mol. The Morgan fingerprint density at radius 1 is 1.55 bits per heavy atom. The average Bonchev–Trinajstić information content (AvgIpc) is 2.47. The third-order valence-corrected chi connectivity index (χ3v) is 3.64. The van der Waals surface area contributed by atoms with Crippen LogP contribution in [0, 0.1) is 6.92 Å². The zero-order valence-corrected chi connectivity index (χ0v) is 12.2. The van der Waals surface area contributed by atoms with Crippen LogP contribution >= 0.6 is 0 Å². The molecular weight excluding hydrogens is 256 g/mol. The Bertz CT molecular complexity index is 490. The molecule has 2 unspecified atom stereocenters. The van der Waals surface area contributed by atoms with E-state index < -0.39 is 0 Å². The van der Waals surface area contributed by atoms with Crippen LogP contribution in [0.1, 0.15) is 22.8 Å². The van der Waals surface area contributed by atoms with Crippen LogP contribution in [-0.4, -0.2) is 54.9 Å². The van der Waals surface area contributed by atoms with Gasteiger partial charge in [-0.3, -0.25) is 4.79 Å². The second-order valence-electron chi connectivity index (χ2n) is 5.24. The summed E-state index contributed by atoms with van der Waals surface area (Å²) in [6, 6.07) is 5.75. The summed E-state index contributed by atoms with van der Waals surface area (Å²) < 4.78 is 5.47. The number of ether oxygens (including phenoxy) is 1. The quantitative estimate of drug-likeness (QED) is 0.874. The van der Waals surface area contributed by atoms with Gasteiger partial charge in [-0.25, -0.2) is 0 Å². The van der Waals surface area contributed by atoms with Gasteiger partial charge in [0.05, 0.1) is 30.9 Å². The Hall–Kier alpha value is -1.59. The number of aliphatic hydroxyl groups is 1. The highest BCUT2D eigenvalue weighted by Crippen LogP contribution is 2.22. The van der Waals surface area contributed by atoms with E-state index in [0.29, 0.717) is 18.7 Å². The summed E-state index contributed by atoms with van der Waals surface area (Å²) >= 11 is 0. The molecule has 1 amide bonds. The van der Waals surface area contributed by atoms with Crippen molar-refractivity contribution in [3.05, 3.63) is 29.3 Å². The summed E-state index contributed by atoms with van der Waals surface area (Å²) in [6.07, 6.45) is -0.293. The zero-order chi connectivity index (χ0) is 14.7. The molecule has 1 aromatic carbocycles. The lowest BCUT2D eigenvalue weighted by atomic mass is 10.1. The molecule has 20 heavy (non-hydrogen) atoms. The topological polar surface area (TPSA) is 61.8 Å². The molecule has 1 fully saturated rings. The summed E-state index contributed by atoms with van der Waals surface area (Å²) in [5.41, 5.74) is 2.59. The van der Waals surface area contributed by atoms with Gasteiger partial charge in [0.2, 0.25) is 0 Å². The van der Waals surface area contributed by atoms with Gasteiger partial charge in [-0.2, -0.15) is 0 Å². The summed E-state index contributed by atoms with van der Waals surface area (Å²) in [6.45, 7) is 4.77. The van der Waals surface area contributed by atoms with Crippen LogP contribution in [0.15, 0.2) is 18.2 Å². The van der Waals surface area contributed by atoms with Crippen LogP contribution in [0.5, 0.6) is 0 Å². The molecule has 1 heterocycles. The monoisotopic (exact) mass is 278 g/mol. The summed E-state index contributed by atoms with van der Waals surface area (Å²) in [4.78, 5) is 14.5. The normalized spacial score (nSPS) is 22.7. The van der Waals surface area contributed by atoms with Crippen LogP contribution in [0.4, 0.5) is 5.69 Å². The van der Waals surface area contributed by atoms with E-state index in [9.17, 15) is 9.90 Å². The van der Waals surface area contributed by atoms with Crippen LogP contribution in [0.25, 0.3) is 0 Å². The van der Waals surface area contributed by atoms with Crippen molar-refractivity contribution >= 4 is 11.6 Å². The zero-order valence-electron chi connectivity index (χ0n) is 12.2. The molecule has 1 aromatic rings. The van der Waals surface area contributed by atoms with Crippen LogP contribution < -0.4 is 5.32 Å². The number of morpholine rings is 1. The van der Waals surface area contributed by atoms with Crippen molar-refractivity contribution in [1.82, 2.24) is 4.90 Å². The van der Waals surface area contributed by atoms with Crippen LogP contribution in [0.2, 0.25) is 0 Å². The number of nitrogens with one attached hydrogen (secondary N) is 1. The highest BCUT2D eigenvalue weighted by atomic mass is 16.5. The van der Waals surface area contributed by atoms with E-state index >= 15 is 0 Å². The van der Waals surface area contributed by atoms with Gasteiger partial charge in [0, 0.05) is 19.3 Å². The minimum absolute atomic E-state index is 0.0105. The van der Waals surface area contributed by atoms with Gasteiger partial charge in [-0.1, -0.05) is 6.07 Å². The third kappa shape index (κ3) is 2.94. The molecule has 2 rings (SSSR count). The standard InChI is InChI=1S/C15H22N2O3/c1-10-4-5-13(14(6-10)16-3)15(19)17-7-12(8-18)20-9-11(17)2/h4-6,11-12,16,18H,7-9H2,1-3H3. The number of carbonyl (C=O) groups is 1. The Morgan fingerprint density at radius 3 is 2.95 bits per heavy atom. The number of hydrogen-bond donors (Lipinski definition) is 2. The molecule has 1 aliphatic heterocycles. The first-order chi connectivity index (χ1) is 9.56. The molecule has 0 spiro atoms. The van der Waals surface area contributed by atoms with Gasteiger partial charge in [-0.15, -0.1) is 0 Å². The van der Waals surface area contributed by atoms with E-state index in [1.165, 1.54) is 0 Å². The van der Waals surface area contributed by atoms with Crippen LogP contribution in [-0.2, 0) is 4.74 Å². The highest BCUT2D eigenvalue weighted by molar-refractivity contribution is 6.00. The minimum atomic E-state index is -0.293. The number of aliphatic hydroxyl groups excluding tert-OH is 1. The first-order valence-corrected chi connectivity index (χ1v) is 6.88. The molecular formula is C15H22N2O3. The SMILES string of the molecule is CNc1cc(C)ccc1C(=O)N1CC(CO)OCC1C. The van der Waals surface area contributed by atoms with Crippen molar-refractivity contribution in [2.45, 2.75) is 26.0 Å². The number of hydrogen-bond acceptors (Lipinski definition) is 4. The maximum atomic E-state index is 12.7. The van der Waals surface area contributed by atoms with E-state index in [-0.39, 0.29) is 24.7 Å². The Labute approximate surface area is 119 Å². The minimum Gasteiger partial charge on any atom is -0.394 e. The fourth-order valence-electron chi connectivity index (χ4n) is 2.42. The molecule has 0 bridgehead atoms. The number of anilines is 1. The largest absolute Gasteiger partial charge is 0.394 e. The predicted molar refractivity (Wildman–Crippen MR) is 78.1 cm³/mol. The molecule has 0 aromatic heterocycles. The Kier molecular flexibility index (Phi) is 4.62.